The molecule has 5 heteroatoms. The second kappa shape index (κ2) is 5.55. The molecule has 2 amide bonds. The number of imide groups is 1. The third-order valence-electron chi connectivity index (χ3n) is 3.79. The Morgan fingerprint density at radius 3 is 2.42 bits per heavy atom. The standard InChI is InChI=1S/C14H19NO4/c1-3-19-12(16)5-4-6-15-13(17)10-7-9(2)8-11(10)14(15)18/h4-5,9-11H,3,6-8H2,1-2H3/b5-4+. The van der Waals surface area contributed by atoms with Crippen molar-refractivity contribution in [3.05, 3.63) is 12.2 Å². The number of carbonyl (C=O) groups excluding carboxylic acids is 3. The normalized spacial score (nSPS) is 30.2. The Morgan fingerprint density at radius 1 is 1.32 bits per heavy atom. The van der Waals surface area contributed by atoms with Crippen molar-refractivity contribution in [2.24, 2.45) is 17.8 Å². The van der Waals surface area contributed by atoms with E-state index in [0.29, 0.717) is 12.5 Å². The van der Waals surface area contributed by atoms with Crippen molar-refractivity contribution in [3.63, 3.8) is 0 Å². The lowest BCUT2D eigenvalue weighted by Gasteiger charge is -2.14. The summed E-state index contributed by atoms with van der Waals surface area (Å²) in [6.45, 7) is 4.27. The highest BCUT2D eigenvalue weighted by molar-refractivity contribution is 6.05. The minimum atomic E-state index is -0.449. The summed E-state index contributed by atoms with van der Waals surface area (Å²) in [6, 6.07) is 0. The van der Waals surface area contributed by atoms with Gasteiger partial charge in [0.1, 0.15) is 0 Å². The van der Waals surface area contributed by atoms with Crippen molar-refractivity contribution in [1.29, 1.82) is 0 Å². The fourth-order valence-corrected chi connectivity index (χ4v) is 2.97. The summed E-state index contributed by atoms with van der Waals surface area (Å²) in [5, 5.41) is 0. The summed E-state index contributed by atoms with van der Waals surface area (Å²) in [5.41, 5.74) is 0. The van der Waals surface area contributed by atoms with E-state index >= 15 is 0 Å². The monoisotopic (exact) mass is 265 g/mol. The van der Waals surface area contributed by atoms with Gasteiger partial charge < -0.3 is 4.74 Å². The van der Waals surface area contributed by atoms with Crippen LogP contribution < -0.4 is 0 Å². The second-order valence-electron chi connectivity index (χ2n) is 5.23. The van der Waals surface area contributed by atoms with E-state index < -0.39 is 5.97 Å². The number of rotatable bonds is 4. The number of nitrogens with zero attached hydrogens (tertiary/aromatic N) is 1. The highest BCUT2D eigenvalue weighted by Crippen LogP contribution is 2.42. The molecule has 5 nitrogen and oxygen atoms in total. The van der Waals surface area contributed by atoms with Crippen LogP contribution in [0.5, 0.6) is 0 Å². The molecule has 0 radical (unpaired) electrons. The van der Waals surface area contributed by atoms with Gasteiger partial charge in [0.2, 0.25) is 11.8 Å². The average molecular weight is 265 g/mol. The zero-order chi connectivity index (χ0) is 14.0. The number of esters is 1. The summed E-state index contributed by atoms with van der Waals surface area (Å²) in [5.74, 6) is -0.465. The fraction of sp³-hybridized carbons (Fsp3) is 0.643. The maximum atomic E-state index is 12.1. The quantitative estimate of drug-likeness (QED) is 0.434. The van der Waals surface area contributed by atoms with Crippen molar-refractivity contribution in [1.82, 2.24) is 4.90 Å². The highest BCUT2D eigenvalue weighted by atomic mass is 16.5. The van der Waals surface area contributed by atoms with Crippen molar-refractivity contribution >= 4 is 17.8 Å². The molecule has 2 rings (SSSR count). The Hall–Kier alpha value is -1.65. The van der Waals surface area contributed by atoms with Crippen LogP contribution in [-0.2, 0) is 19.1 Å². The Labute approximate surface area is 112 Å². The molecular weight excluding hydrogens is 246 g/mol. The first-order chi connectivity index (χ1) is 9.04. The molecule has 1 aliphatic carbocycles. The van der Waals surface area contributed by atoms with Gasteiger partial charge in [0.15, 0.2) is 0 Å². The van der Waals surface area contributed by atoms with E-state index in [1.54, 1.807) is 6.92 Å². The van der Waals surface area contributed by atoms with Gasteiger partial charge in [-0.15, -0.1) is 0 Å². The summed E-state index contributed by atoms with van der Waals surface area (Å²) >= 11 is 0. The Morgan fingerprint density at radius 2 is 1.89 bits per heavy atom. The fourth-order valence-electron chi connectivity index (χ4n) is 2.97. The molecule has 0 aromatic carbocycles. The van der Waals surface area contributed by atoms with Crippen LogP contribution in [0, 0.1) is 17.8 Å². The van der Waals surface area contributed by atoms with Gasteiger partial charge in [-0.25, -0.2) is 4.79 Å². The summed E-state index contributed by atoms with van der Waals surface area (Å²) in [4.78, 5) is 36.6. The van der Waals surface area contributed by atoms with Crippen LogP contribution in [0.1, 0.15) is 26.7 Å². The molecule has 0 bridgehead atoms. The highest BCUT2D eigenvalue weighted by Gasteiger charge is 2.51. The van der Waals surface area contributed by atoms with E-state index in [1.807, 2.05) is 0 Å². The predicted octanol–water partition coefficient (Wildman–Crippen LogP) is 1.14. The lowest BCUT2D eigenvalue weighted by molar-refractivity contribution is -0.140. The summed E-state index contributed by atoms with van der Waals surface area (Å²) < 4.78 is 4.73. The van der Waals surface area contributed by atoms with E-state index in [4.69, 9.17) is 4.74 Å². The number of amides is 2. The number of hydrogen-bond acceptors (Lipinski definition) is 4. The van der Waals surface area contributed by atoms with E-state index in [2.05, 4.69) is 6.92 Å². The SMILES string of the molecule is CCOC(=O)/C=C/CN1C(=O)C2CC(C)CC2C1=O. The van der Waals surface area contributed by atoms with Crippen molar-refractivity contribution in [2.45, 2.75) is 26.7 Å². The predicted molar refractivity (Wildman–Crippen MR) is 67.9 cm³/mol. The van der Waals surface area contributed by atoms with Gasteiger partial charge in [0, 0.05) is 12.6 Å². The van der Waals surface area contributed by atoms with Crippen molar-refractivity contribution in [3.8, 4) is 0 Å². The van der Waals surface area contributed by atoms with E-state index in [-0.39, 0.29) is 30.2 Å². The van der Waals surface area contributed by atoms with Gasteiger partial charge in [-0.2, -0.15) is 0 Å². The Kier molecular flexibility index (Phi) is 4.02. The molecule has 0 spiro atoms. The zero-order valence-corrected chi connectivity index (χ0v) is 11.3. The van der Waals surface area contributed by atoms with E-state index in [0.717, 1.165) is 12.8 Å². The Bertz CT molecular complexity index is 405. The molecule has 1 saturated carbocycles. The van der Waals surface area contributed by atoms with Gasteiger partial charge in [-0.1, -0.05) is 13.0 Å². The first-order valence-electron chi connectivity index (χ1n) is 6.73. The number of fused-ring (bicyclic) bond motifs is 1. The van der Waals surface area contributed by atoms with Gasteiger partial charge in [-0.3, -0.25) is 14.5 Å². The molecule has 1 heterocycles. The van der Waals surface area contributed by atoms with Crippen LogP contribution in [0.25, 0.3) is 0 Å². The molecule has 2 unspecified atom stereocenters. The number of carbonyl (C=O) groups is 3. The molecule has 2 aliphatic rings. The molecule has 1 saturated heterocycles. The smallest absolute Gasteiger partial charge is 0.330 e. The molecule has 104 valence electrons. The number of hydrogen-bond donors (Lipinski definition) is 0. The maximum Gasteiger partial charge on any atom is 0.330 e. The van der Waals surface area contributed by atoms with E-state index in [1.165, 1.54) is 17.1 Å². The van der Waals surface area contributed by atoms with Crippen molar-refractivity contribution in [2.75, 3.05) is 13.2 Å². The van der Waals surface area contributed by atoms with Crippen LogP contribution in [0.3, 0.4) is 0 Å². The molecule has 1 aliphatic heterocycles. The molecule has 0 N–H and O–H groups in total. The zero-order valence-electron chi connectivity index (χ0n) is 11.3. The molecule has 2 atom stereocenters. The number of ether oxygens (including phenoxy) is 1. The summed E-state index contributed by atoms with van der Waals surface area (Å²) in [6.07, 6.45) is 4.37. The first kappa shape index (κ1) is 13.8. The molecule has 0 aromatic rings. The molecule has 2 fully saturated rings. The third kappa shape index (κ3) is 2.69. The van der Waals surface area contributed by atoms with Gasteiger partial charge in [0.05, 0.1) is 18.4 Å². The topological polar surface area (TPSA) is 63.7 Å². The molecule has 19 heavy (non-hydrogen) atoms. The van der Waals surface area contributed by atoms with Crippen LogP contribution in [0.2, 0.25) is 0 Å². The van der Waals surface area contributed by atoms with Crippen LogP contribution in [0.4, 0.5) is 0 Å². The van der Waals surface area contributed by atoms with Crippen LogP contribution >= 0.6 is 0 Å². The lowest BCUT2D eigenvalue weighted by Crippen LogP contribution is -2.32. The maximum absolute atomic E-state index is 12.1. The molecular formula is C14H19NO4. The number of likely N-dealkylation sites (tertiary alicyclic amines) is 1. The van der Waals surface area contributed by atoms with Gasteiger partial charge >= 0.3 is 5.97 Å². The molecule has 0 aromatic heterocycles. The average Bonchev–Trinajstić information content (AvgIpc) is 2.83. The van der Waals surface area contributed by atoms with Gasteiger partial charge in [-0.05, 0) is 25.7 Å². The van der Waals surface area contributed by atoms with Crippen molar-refractivity contribution < 1.29 is 19.1 Å². The summed E-state index contributed by atoms with van der Waals surface area (Å²) in [7, 11) is 0. The van der Waals surface area contributed by atoms with Crippen LogP contribution in [0.15, 0.2) is 12.2 Å². The largest absolute Gasteiger partial charge is 0.463 e. The Balaban J connectivity index is 1.94. The second-order valence-corrected chi connectivity index (χ2v) is 5.23. The third-order valence-corrected chi connectivity index (χ3v) is 3.79. The van der Waals surface area contributed by atoms with Crippen LogP contribution in [-0.4, -0.2) is 35.8 Å². The first-order valence-corrected chi connectivity index (χ1v) is 6.73. The van der Waals surface area contributed by atoms with Gasteiger partial charge in [0.25, 0.3) is 0 Å². The minimum Gasteiger partial charge on any atom is -0.463 e. The lowest BCUT2D eigenvalue weighted by atomic mass is 10.00. The minimum absolute atomic E-state index is 0.0899. The van der Waals surface area contributed by atoms with E-state index in [9.17, 15) is 14.4 Å².